The first-order valence-electron chi connectivity index (χ1n) is 44.4. The zero-order valence-electron chi connectivity index (χ0n) is 66.8. The van der Waals surface area contributed by atoms with Crippen LogP contribution in [0, 0.1) is 6.92 Å². The van der Waals surface area contributed by atoms with Gasteiger partial charge < -0.3 is 10.6 Å². The van der Waals surface area contributed by atoms with E-state index in [-0.39, 0.29) is 0 Å². The van der Waals surface area contributed by atoms with Gasteiger partial charge in [-0.1, -0.05) is 413 Å². The molecule has 1 aromatic heterocycles. The second-order valence-electron chi connectivity index (χ2n) is 31.4. The maximum absolute atomic E-state index is 5.39. The van der Waals surface area contributed by atoms with Crippen molar-refractivity contribution < 1.29 is 0 Å². The normalized spacial score (nSPS) is 11.6. The second kappa shape index (κ2) is 62.8. The van der Waals surface area contributed by atoms with E-state index in [9.17, 15) is 0 Å². The Bertz CT molecular complexity index is 2220. The standard InChI is InChI=1S/C94H162N5/c1-8-14-20-26-32-38-44-50-56-62-68-84-78-88(79-85(69-63-57-51-45-39-33-27-21-15-9-2)90(84)72-66-60-54-48-42-36-30-24-18-12-5)95-93-97-92(83-76-74-82(7)75-77-83)98-94(99-93)96-89-80-86(70-64-58-52-46-40-34-28-22-16-10-3)91(73-67-61-55-49-43-37-31-25-19-13-6)87(81-89)71-65-59-53-47-41-35-29-23-17-11-4/h74-81H,7-73H2,1-6H3,(H2,95,96,97,98,99). The molecule has 0 amide bonds. The Kier molecular flexibility index (Phi) is 55.6. The van der Waals surface area contributed by atoms with Gasteiger partial charge in [-0.15, -0.1) is 0 Å². The van der Waals surface area contributed by atoms with Gasteiger partial charge in [0.2, 0.25) is 11.9 Å². The fraction of sp³-hybridized carbons (Fsp3) is 0.766. The van der Waals surface area contributed by atoms with Crippen LogP contribution in [0.1, 0.15) is 466 Å². The molecule has 0 aliphatic heterocycles. The van der Waals surface area contributed by atoms with E-state index in [1.807, 2.05) is 0 Å². The van der Waals surface area contributed by atoms with Crippen molar-refractivity contribution in [3.05, 3.63) is 94.4 Å². The van der Waals surface area contributed by atoms with Crippen molar-refractivity contribution in [3.63, 3.8) is 0 Å². The van der Waals surface area contributed by atoms with Crippen LogP contribution in [0.3, 0.4) is 0 Å². The molecule has 0 unspecified atom stereocenters. The first-order chi connectivity index (χ1) is 48.9. The maximum atomic E-state index is 5.39. The Morgan fingerprint density at radius 2 is 0.424 bits per heavy atom. The number of rotatable bonds is 71. The molecular formula is C94H162N5. The highest BCUT2D eigenvalue weighted by Crippen LogP contribution is 2.33. The summed E-state index contributed by atoms with van der Waals surface area (Å²) in [6.45, 7) is 18.3. The zero-order valence-corrected chi connectivity index (χ0v) is 66.8. The number of nitrogens with zero attached hydrogens (tertiary/aromatic N) is 3. The van der Waals surface area contributed by atoms with Crippen molar-refractivity contribution in [1.82, 2.24) is 15.0 Å². The summed E-state index contributed by atoms with van der Waals surface area (Å²) in [6.07, 6.45) is 89.1. The molecule has 4 rings (SSSR count). The Morgan fingerprint density at radius 1 is 0.232 bits per heavy atom. The van der Waals surface area contributed by atoms with Crippen LogP contribution in [0.25, 0.3) is 11.4 Å². The molecule has 0 saturated carbocycles. The van der Waals surface area contributed by atoms with Crippen LogP contribution >= 0.6 is 0 Å². The average Bonchev–Trinajstić information content (AvgIpc) is 0.816. The number of unbranched alkanes of at least 4 members (excludes halogenated alkanes) is 54. The van der Waals surface area contributed by atoms with Crippen molar-refractivity contribution in [2.24, 2.45) is 0 Å². The van der Waals surface area contributed by atoms with Gasteiger partial charge in [-0.25, -0.2) is 0 Å². The molecule has 1 heterocycles. The van der Waals surface area contributed by atoms with E-state index in [4.69, 9.17) is 15.0 Å². The Morgan fingerprint density at radius 3 is 0.636 bits per heavy atom. The van der Waals surface area contributed by atoms with Gasteiger partial charge in [-0.3, -0.25) is 0 Å². The SMILES string of the molecule is [CH2]c1ccc(-c2nc(Nc3cc(CCCCCCCCCCCC)c(CCCCCCCCCCCC)c(CCCCCCCCCCCC)c3)nc(Nc3cc(CCCCCCCCCCCC)c(CCCCCCCCCCCC)c(CCCCCCCCCCCC)c3)n2)cc1. The predicted octanol–water partition coefficient (Wildman–Crippen LogP) is 32.0. The summed E-state index contributed by atoms with van der Waals surface area (Å²) < 4.78 is 0. The highest BCUT2D eigenvalue weighted by Gasteiger charge is 2.18. The highest BCUT2D eigenvalue weighted by molar-refractivity contribution is 5.66. The molecule has 0 bridgehead atoms. The third kappa shape index (κ3) is 44.5. The van der Waals surface area contributed by atoms with E-state index in [0.717, 1.165) is 48.2 Å². The van der Waals surface area contributed by atoms with Gasteiger partial charge in [0, 0.05) is 16.9 Å². The van der Waals surface area contributed by atoms with Gasteiger partial charge in [0.1, 0.15) is 0 Å². The molecule has 4 aromatic rings. The highest BCUT2D eigenvalue weighted by atomic mass is 15.2. The maximum Gasteiger partial charge on any atom is 0.232 e. The zero-order chi connectivity index (χ0) is 70.4. The molecule has 563 valence electrons. The molecular weight excluding hydrogens is 1200 g/mol. The molecule has 0 aliphatic rings. The molecule has 5 nitrogen and oxygen atoms in total. The Labute approximate surface area is 616 Å². The van der Waals surface area contributed by atoms with Crippen LogP contribution in [0.2, 0.25) is 0 Å². The number of aryl methyl sites for hydroxylation is 4. The van der Waals surface area contributed by atoms with Gasteiger partial charge in [0.15, 0.2) is 5.82 Å². The summed E-state index contributed by atoms with van der Waals surface area (Å²) in [6, 6.07) is 18.6. The number of nitrogens with one attached hydrogen (secondary N) is 2. The van der Waals surface area contributed by atoms with Crippen molar-refractivity contribution in [2.45, 2.75) is 465 Å². The lowest BCUT2D eigenvalue weighted by Crippen LogP contribution is -2.09. The van der Waals surface area contributed by atoms with E-state index in [1.54, 1.807) is 33.4 Å². The summed E-state index contributed by atoms with van der Waals surface area (Å²) in [4.78, 5) is 16.0. The molecule has 0 spiro atoms. The van der Waals surface area contributed by atoms with Gasteiger partial charge in [0.05, 0.1) is 0 Å². The lowest BCUT2D eigenvalue weighted by Gasteiger charge is -2.20. The van der Waals surface area contributed by atoms with Gasteiger partial charge in [-0.2, -0.15) is 15.0 Å². The number of anilines is 4. The third-order valence-corrected chi connectivity index (χ3v) is 22.0. The first-order valence-corrected chi connectivity index (χ1v) is 44.4. The summed E-state index contributed by atoms with van der Waals surface area (Å²) in [5.41, 5.74) is 13.9. The molecule has 5 heteroatoms. The van der Waals surface area contributed by atoms with E-state index >= 15 is 0 Å². The lowest BCUT2D eigenvalue weighted by atomic mass is 9.89. The van der Waals surface area contributed by atoms with Crippen molar-refractivity contribution >= 4 is 23.3 Å². The molecule has 0 fully saturated rings. The molecule has 99 heavy (non-hydrogen) atoms. The predicted molar refractivity (Wildman–Crippen MR) is 442 cm³/mol. The van der Waals surface area contributed by atoms with Gasteiger partial charge in [0.25, 0.3) is 0 Å². The summed E-state index contributed by atoms with van der Waals surface area (Å²) in [5, 5.41) is 7.88. The second-order valence-corrected chi connectivity index (χ2v) is 31.4. The first kappa shape index (κ1) is 87.7. The minimum atomic E-state index is 0.618. The van der Waals surface area contributed by atoms with Crippen molar-refractivity contribution in [3.8, 4) is 11.4 Å². The van der Waals surface area contributed by atoms with E-state index in [0.29, 0.717) is 17.7 Å². The average molecular weight is 1360 g/mol. The van der Waals surface area contributed by atoms with Crippen LogP contribution in [-0.4, -0.2) is 15.0 Å². The number of benzene rings is 3. The van der Waals surface area contributed by atoms with Gasteiger partial charge in [-0.05, 0) is 147 Å². The van der Waals surface area contributed by atoms with Crippen LogP contribution in [0.4, 0.5) is 23.3 Å². The summed E-state index contributed by atoms with van der Waals surface area (Å²) in [5.74, 6) is 1.93. The molecule has 1 radical (unpaired) electrons. The quantitative estimate of drug-likeness (QED) is 0.0431. The minimum Gasteiger partial charge on any atom is -0.324 e. The van der Waals surface area contributed by atoms with Gasteiger partial charge >= 0.3 is 0 Å². The molecule has 0 atom stereocenters. The van der Waals surface area contributed by atoms with Crippen LogP contribution in [-0.2, 0) is 38.5 Å². The van der Waals surface area contributed by atoms with Crippen molar-refractivity contribution in [1.29, 1.82) is 0 Å². The summed E-state index contributed by atoms with van der Waals surface area (Å²) >= 11 is 0. The third-order valence-electron chi connectivity index (χ3n) is 22.0. The Balaban J connectivity index is 1.73. The molecule has 2 N–H and O–H groups in total. The van der Waals surface area contributed by atoms with Crippen LogP contribution in [0.15, 0.2) is 48.5 Å². The van der Waals surface area contributed by atoms with E-state index < -0.39 is 0 Å². The smallest absolute Gasteiger partial charge is 0.232 e. The largest absolute Gasteiger partial charge is 0.324 e. The fourth-order valence-electron chi connectivity index (χ4n) is 15.6. The van der Waals surface area contributed by atoms with Crippen LogP contribution in [0.5, 0.6) is 0 Å². The van der Waals surface area contributed by atoms with Crippen molar-refractivity contribution in [2.75, 3.05) is 10.6 Å². The van der Waals surface area contributed by atoms with E-state index in [2.05, 4.69) is 108 Å². The number of aromatic nitrogens is 3. The monoisotopic (exact) mass is 1360 g/mol. The fourth-order valence-corrected chi connectivity index (χ4v) is 15.6. The minimum absolute atomic E-state index is 0.618. The molecule has 0 aliphatic carbocycles. The number of hydrogen-bond donors (Lipinski definition) is 2. The molecule has 0 saturated heterocycles. The Hall–Kier alpha value is -3.73. The van der Waals surface area contributed by atoms with E-state index in [1.165, 1.54) is 398 Å². The topological polar surface area (TPSA) is 62.7 Å². The number of hydrogen-bond acceptors (Lipinski definition) is 5. The summed E-state index contributed by atoms with van der Waals surface area (Å²) in [7, 11) is 0. The van der Waals surface area contributed by atoms with Crippen LogP contribution < -0.4 is 10.6 Å². The molecule has 3 aromatic carbocycles. The lowest BCUT2D eigenvalue weighted by molar-refractivity contribution is 0.551.